The van der Waals surface area contributed by atoms with Gasteiger partial charge in [-0.3, -0.25) is 4.98 Å². The van der Waals surface area contributed by atoms with Crippen molar-refractivity contribution in [2.75, 3.05) is 0 Å². The molecule has 0 saturated heterocycles. The van der Waals surface area contributed by atoms with Crippen LogP contribution in [0.4, 0.5) is 0 Å². The van der Waals surface area contributed by atoms with Gasteiger partial charge in [-0.1, -0.05) is 48.3 Å². The second-order valence-corrected chi connectivity index (χ2v) is 5.75. The molecule has 0 N–H and O–H groups in total. The van der Waals surface area contributed by atoms with Crippen molar-refractivity contribution in [3.63, 3.8) is 0 Å². The second kappa shape index (κ2) is 4.95. The van der Waals surface area contributed by atoms with Gasteiger partial charge in [-0.25, -0.2) is 0 Å². The molecule has 1 aromatic heterocycles. The maximum absolute atomic E-state index is 6.53. The van der Waals surface area contributed by atoms with Gasteiger partial charge in [0.2, 0.25) is 0 Å². The fourth-order valence-electron chi connectivity index (χ4n) is 2.12. The number of aryl methyl sites for hydroxylation is 1. The van der Waals surface area contributed by atoms with E-state index in [4.69, 9.17) is 16.6 Å². The van der Waals surface area contributed by atoms with Gasteiger partial charge in [0.1, 0.15) is 0 Å². The average Bonchev–Trinajstić information content (AvgIpc) is 2.29. The highest BCUT2D eigenvalue weighted by molar-refractivity contribution is 9.10. The minimum Gasteiger partial charge on any atom is -0.252 e. The Morgan fingerprint density at radius 1 is 1.35 bits per heavy atom. The summed E-state index contributed by atoms with van der Waals surface area (Å²) in [4.78, 5) is 4.71. The van der Waals surface area contributed by atoms with E-state index in [-0.39, 0.29) is 0 Å². The summed E-state index contributed by atoms with van der Waals surface area (Å²) in [5.74, 6) is 0.397. The number of hydrogen-bond donors (Lipinski definition) is 0. The van der Waals surface area contributed by atoms with E-state index in [9.17, 15) is 0 Å². The molecule has 17 heavy (non-hydrogen) atoms. The summed E-state index contributed by atoms with van der Waals surface area (Å²) in [6.07, 6.45) is 0.916. The first-order valence-electron chi connectivity index (χ1n) is 5.82. The molecule has 0 saturated carbocycles. The van der Waals surface area contributed by atoms with E-state index in [1.165, 1.54) is 5.56 Å². The molecule has 0 spiro atoms. The first-order valence-corrected chi connectivity index (χ1v) is 6.99. The van der Waals surface area contributed by atoms with E-state index < -0.39 is 0 Å². The highest BCUT2D eigenvalue weighted by Crippen LogP contribution is 2.34. The number of nitrogens with zero attached hydrogens (tertiary/aromatic N) is 1. The lowest BCUT2D eigenvalue weighted by Gasteiger charge is -2.15. The minimum atomic E-state index is 0.397. The number of fused-ring (bicyclic) bond motifs is 1. The van der Waals surface area contributed by atoms with Gasteiger partial charge in [-0.15, -0.1) is 0 Å². The Hall–Kier alpha value is -0.600. The summed E-state index contributed by atoms with van der Waals surface area (Å²) < 4.78 is 1.03. The number of hydrogen-bond acceptors (Lipinski definition) is 1. The quantitative estimate of drug-likeness (QED) is 0.729. The van der Waals surface area contributed by atoms with Crippen molar-refractivity contribution in [3.8, 4) is 0 Å². The summed E-state index contributed by atoms with van der Waals surface area (Å²) in [6, 6.07) is 6.05. The molecule has 0 bridgehead atoms. The maximum atomic E-state index is 6.53. The maximum Gasteiger partial charge on any atom is 0.0721 e. The molecule has 0 atom stereocenters. The molecule has 2 aromatic rings. The fourth-order valence-corrected chi connectivity index (χ4v) is 2.95. The van der Waals surface area contributed by atoms with E-state index >= 15 is 0 Å². The van der Waals surface area contributed by atoms with Crippen LogP contribution in [0.2, 0.25) is 5.02 Å². The van der Waals surface area contributed by atoms with Crippen molar-refractivity contribution in [1.82, 2.24) is 4.98 Å². The van der Waals surface area contributed by atoms with Crippen molar-refractivity contribution in [2.24, 2.45) is 0 Å². The van der Waals surface area contributed by atoms with Gasteiger partial charge in [0.15, 0.2) is 0 Å². The molecule has 1 nitrogen and oxygen atoms in total. The molecule has 1 heterocycles. The smallest absolute Gasteiger partial charge is 0.0721 e. The molecular formula is C14H15BrClN. The normalized spacial score (nSPS) is 11.4. The zero-order valence-corrected chi connectivity index (χ0v) is 12.6. The Labute approximate surface area is 115 Å². The van der Waals surface area contributed by atoms with E-state index in [2.05, 4.69) is 36.7 Å². The summed E-state index contributed by atoms with van der Waals surface area (Å²) in [7, 11) is 0. The Balaban J connectivity index is 2.84. The fraction of sp³-hybridized carbons (Fsp3) is 0.357. The van der Waals surface area contributed by atoms with Gasteiger partial charge in [-0.2, -0.15) is 0 Å². The molecule has 90 valence electrons. The van der Waals surface area contributed by atoms with Crippen LogP contribution in [0.5, 0.6) is 0 Å². The zero-order chi connectivity index (χ0) is 12.6. The minimum absolute atomic E-state index is 0.397. The van der Waals surface area contributed by atoms with Gasteiger partial charge in [0, 0.05) is 15.6 Å². The van der Waals surface area contributed by atoms with Crippen LogP contribution in [-0.2, 0) is 6.42 Å². The van der Waals surface area contributed by atoms with Gasteiger partial charge < -0.3 is 0 Å². The number of aromatic nitrogens is 1. The van der Waals surface area contributed by atoms with Crippen molar-refractivity contribution >= 4 is 38.4 Å². The standard InChI is InChI=1S/C14H15BrClN/c1-4-11-13(8(2)3)14(16)10-7-9(15)5-6-12(10)17-11/h5-8H,4H2,1-3H3. The Bertz CT molecular complexity index is 564. The lowest BCUT2D eigenvalue weighted by atomic mass is 9.98. The van der Waals surface area contributed by atoms with Crippen LogP contribution in [0.25, 0.3) is 10.9 Å². The Morgan fingerprint density at radius 3 is 2.65 bits per heavy atom. The molecule has 0 radical (unpaired) electrons. The van der Waals surface area contributed by atoms with Gasteiger partial charge in [0.25, 0.3) is 0 Å². The molecule has 0 unspecified atom stereocenters. The molecule has 0 aliphatic rings. The molecule has 2 rings (SSSR count). The largest absolute Gasteiger partial charge is 0.252 e. The summed E-state index contributed by atoms with van der Waals surface area (Å²) in [5.41, 5.74) is 3.26. The summed E-state index contributed by atoms with van der Waals surface area (Å²) in [6.45, 7) is 6.44. The van der Waals surface area contributed by atoms with Crippen molar-refractivity contribution < 1.29 is 0 Å². The zero-order valence-electron chi connectivity index (χ0n) is 10.2. The SMILES string of the molecule is CCc1nc2ccc(Br)cc2c(Cl)c1C(C)C. The van der Waals surface area contributed by atoms with E-state index in [1.54, 1.807) is 0 Å². The molecule has 1 aromatic carbocycles. The van der Waals surface area contributed by atoms with Crippen LogP contribution >= 0.6 is 27.5 Å². The van der Waals surface area contributed by atoms with Crippen LogP contribution in [0.1, 0.15) is 37.9 Å². The molecule has 0 aliphatic heterocycles. The van der Waals surface area contributed by atoms with Crippen LogP contribution in [0, 0.1) is 0 Å². The monoisotopic (exact) mass is 311 g/mol. The Kier molecular flexibility index (Phi) is 3.74. The molecular weight excluding hydrogens is 298 g/mol. The summed E-state index contributed by atoms with van der Waals surface area (Å²) >= 11 is 10.0. The number of rotatable bonds is 2. The molecule has 0 aliphatic carbocycles. The van der Waals surface area contributed by atoms with Crippen LogP contribution in [0.3, 0.4) is 0 Å². The highest BCUT2D eigenvalue weighted by Gasteiger charge is 2.15. The molecule has 3 heteroatoms. The summed E-state index contributed by atoms with van der Waals surface area (Å²) in [5, 5.41) is 1.88. The third-order valence-corrected chi connectivity index (χ3v) is 3.81. The number of halogens is 2. The molecule has 0 amide bonds. The Morgan fingerprint density at radius 2 is 2.06 bits per heavy atom. The van der Waals surface area contributed by atoms with Crippen molar-refractivity contribution in [1.29, 1.82) is 0 Å². The van der Waals surface area contributed by atoms with Gasteiger partial charge in [-0.05, 0) is 36.1 Å². The number of benzene rings is 1. The molecule has 0 fully saturated rings. The second-order valence-electron chi connectivity index (χ2n) is 4.46. The van der Waals surface area contributed by atoms with Gasteiger partial charge in [0.05, 0.1) is 10.5 Å². The van der Waals surface area contributed by atoms with E-state index in [0.717, 1.165) is 32.5 Å². The average molecular weight is 313 g/mol. The van der Waals surface area contributed by atoms with Crippen LogP contribution in [0.15, 0.2) is 22.7 Å². The lowest BCUT2D eigenvalue weighted by Crippen LogP contribution is -2.01. The topological polar surface area (TPSA) is 12.9 Å². The predicted octanol–water partition coefficient (Wildman–Crippen LogP) is 5.34. The van der Waals surface area contributed by atoms with Crippen molar-refractivity contribution in [3.05, 3.63) is 39.0 Å². The van der Waals surface area contributed by atoms with Crippen molar-refractivity contribution in [2.45, 2.75) is 33.1 Å². The van der Waals surface area contributed by atoms with Crippen LogP contribution < -0.4 is 0 Å². The lowest BCUT2D eigenvalue weighted by molar-refractivity contribution is 0.831. The first kappa shape index (κ1) is 12.8. The highest BCUT2D eigenvalue weighted by atomic mass is 79.9. The first-order chi connectivity index (χ1) is 8.04. The van der Waals surface area contributed by atoms with E-state index in [1.807, 2.05) is 18.2 Å². The number of pyridine rings is 1. The van der Waals surface area contributed by atoms with Gasteiger partial charge >= 0.3 is 0 Å². The third-order valence-electron chi connectivity index (χ3n) is 2.91. The third kappa shape index (κ3) is 2.34. The van der Waals surface area contributed by atoms with Crippen LogP contribution in [-0.4, -0.2) is 4.98 Å². The predicted molar refractivity (Wildman–Crippen MR) is 77.9 cm³/mol. The van der Waals surface area contributed by atoms with E-state index in [0.29, 0.717) is 5.92 Å².